The molecule has 0 bridgehead atoms. The van der Waals surface area contributed by atoms with Gasteiger partial charge in [0.15, 0.2) is 0 Å². The van der Waals surface area contributed by atoms with Gasteiger partial charge in [-0.05, 0) is 92.8 Å². The summed E-state index contributed by atoms with van der Waals surface area (Å²) in [6.07, 6.45) is 10.6. The third-order valence-corrected chi connectivity index (χ3v) is 8.42. The Bertz CT molecular complexity index is 457. The van der Waals surface area contributed by atoms with Crippen molar-refractivity contribution in [1.29, 1.82) is 0 Å². The van der Waals surface area contributed by atoms with Crippen molar-refractivity contribution in [3.63, 3.8) is 0 Å². The van der Waals surface area contributed by atoms with Gasteiger partial charge < -0.3 is 5.11 Å². The minimum absolute atomic E-state index is 0.143. The standard InChI is InChI=1S/C20H32O2/c1-12(21)18-7-8-19-17-5-3-13-11-14(22)4-6-15(13)16(17)9-10-20(18,19)2/h12-13,15-19,21H,3-11H2,1-2H3/t12?,13-,15?,16+,17+,18+,19-,20+/m0/s1. The largest absolute Gasteiger partial charge is 0.393 e. The molecule has 4 saturated carbocycles. The van der Waals surface area contributed by atoms with Gasteiger partial charge in [-0.1, -0.05) is 6.92 Å². The molecule has 0 radical (unpaired) electrons. The number of aliphatic hydroxyl groups is 1. The number of Topliss-reactive ketones (excluding diaryl/α,β-unsaturated/α-hetero) is 1. The van der Waals surface area contributed by atoms with E-state index in [1.807, 2.05) is 6.92 Å². The van der Waals surface area contributed by atoms with Gasteiger partial charge >= 0.3 is 0 Å². The number of rotatable bonds is 1. The second-order valence-corrected chi connectivity index (χ2v) is 9.19. The molecule has 4 fully saturated rings. The zero-order chi connectivity index (χ0) is 15.5. The molecule has 0 aliphatic heterocycles. The molecule has 0 heterocycles. The normalized spacial score (nSPS) is 52.6. The summed E-state index contributed by atoms with van der Waals surface area (Å²) >= 11 is 0. The third-order valence-electron chi connectivity index (χ3n) is 8.42. The molecule has 0 aromatic heterocycles. The molecule has 0 aromatic rings. The van der Waals surface area contributed by atoms with Crippen LogP contribution in [0.3, 0.4) is 0 Å². The molecule has 0 amide bonds. The molecule has 0 saturated heterocycles. The third kappa shape index (κ3) is 2.12. The summed E-state index contributed by atoms with van der Waals surface area (Å²) in [6.45, 7) is 4.49. The molecular formula is C20H32O2. The van der Waals surface area contributed by atoms with Gasteiger partial charge in [0.05, 0.1) is 6.10 Å². The molecule has 2 unspecified atom stereocenters. The number of aliphatic hydroxyl groups excluding tert-OH is 1. The van der Waals surface area contributed by atoms with Crippen LogP contribution in [-0.2, 0) is 4.79 Å². The number of carbonyl (C=O) groups is 1. The van der Waals surface area contributed by atoms with E-state index in [-0.39, 0.29) is 6.10 Å². The van der Waals surface area contributed by atoms with Gasteiger partial charge in [0.1, 0.15) is 5.78 Å². The average Bonchev–Trinajstić information content (AvgIpc) is 2.84. The number of ketones is 1. The molecular weight excluding hydrogens is 272 g/mol. The van der Waals surface area contributed by atoms with E-state index in [9.17, 15) is 9.90 Å². The quantitative estimate of drug-likeness (QED) is 0.788. The fraction of sp³-hybridized carbons (Fsp3) is 0.950. The van der Waals surface area contributed by atoms with Crippen molar-refractivity contribution in [1.82, 2.24) is 0 Å². The summed E-state index contributed by atoms with van der Waals surface area (Å²) in [7, 11) is 0. The van der Waals surface area contributed by atoms with Crippen LogP contribution in [0, 0.1) is 40.9 Å². The summed E-state index contributed by atoms with van der Waals surface area (Å²) in [5.41, 5.74) is 0.382. The van der Waals surface area contributed by atoms with E-state index in [4.69, 9.17) is 0 Å². The predicted octanol–water partition coefficient (Wildman–Crippen LogP) is 4.21. The number of hydrogen-bond acceptors (Lipinski definition) is 2. The second kappa shape index (κ2) is 5.33. The van der Waals surface area contributed by atoms with E-state index in [0.717, 1.165) is 36.5 Å². The van der Waals surface area contributed by atoms with Gasteiger partial charge in [-0.3, -0.25) is 4.79 Å². The van der Waals surface area contributed by atoms with E-state index >= 15 is 0 Å². The topological polar surface area (TPSA) is 37.3 Å². The smallest absolute Gasteiger partial charge is 0.133 e. The van der Waals surface area contributed by atoms with Gasteiger partial charge in [-0.25, -0.2) is 0 Å². The Morgan fingerprint density at radius 2 is 1.86 bits per heavy atom. The van der Waals surface area contributed by atoms with Crippen LogP contribution < -0.4 is 0 Å². The summed E-state index contributed by atoms with van der Waals surface area (Å²) in [6, 6.07) is 0. The van der Waals surface area contributed by atoms with E-state index in [1.54, 1.807) is 0 Å². The van der Waals surface area contributed by atoms with Gasteiger partial charge in [-0.15, -0.1) is 0 Å². The predicted molar refractivity (Wildman–Crippen MR) is 87.3 cm³/mol. The lowest BCUT2D eigenvalue weighted by Gasteiger charge is -2.55. The lowest BCUT2D eigenvalue weighted by molar-refractivity contribution is -0.128. The van der Waals surface area contributed by atoms with Crippen LogP contribution in [0.25, 0.3) is 0 Å². The van der Waals surface area contributed by atoms with Crippen LogP contribution in [0.15, 0.2) is 0 Å². The van der Waals surface area contributed by atoms with Crippen LogP contribution in [-0.4, -0.2) is 17.0 Å². The second-order valence-electron chi connectivity index (χ2n) is 9.19. The van der Waals surface area contributed by atoms with Gasteiger partial charge in [0, 0.05) is 12.8 Å². The zero-order valence-corrected chi connectivity index (χ0v) is 14.3. The van der Waals surface area contributed by atoms with Crippen molar-refractivity contribution >= 4 is 5.78 Å². The maximum absolute atomic E-state index is 11.8. The highest BCUT2D eigenvalue weighted by atomic mass is 16.3. The maximum atomic E-state index is 11.8. The van der Waals surface area contributed by atoms with E-state index < -0.39 is 0 Å². The van der Waals surface area contributed by atoms with Crippen molar-refractivity contribution < 1.29 is 9.90 Å². The van der Waals surface area contributed by atoms with Gasteiger partial charge in [-0.2, -0.15) is 0 Å². The van der Waals surface area contributed by atoms with Crippen LogP contribution in [0.4, 0.5) is 0 Å². The molecule has 22 heavy (non-hydrogen) atoms. The lowest BCUT2D eigenvalue weighted by Crippen LogP contribution is -2.49. The average molecular weight is 304 g/mol. The Balaban J connectivity index is 1.56. The number of hydrogen-bond donors (Lipinski definition) is 1. The lowest BCUT2D eigenvalue weighted by atomic mass is 9.49. The Hall–Kier alpha value is -0.370. The molecule has 0 aromatic carbocycles. The first-order valence-electron chi connectivity index (χ1n) is 9.70. The van der Waals surface area contributed by atoms with E-state index in [2.05, 4.69) is 6.92 Å². The number of fused-ring (bicyclic) bond motifs is 5. The first-order valence-corrected chi connectivity index (χ1v) is 9.70. The Morgan fingerprint density at radius 1 is 1.05 bits per heavy atom. The molecule has 8 atom stereocenters. The summed E-state index contributed by atoms with van der Waals surface area (Å²) in [5.74, 6) is 5.20. The minimum atomic E-state index is -0.143. The SMILES string of the molecule is CC(O)[C@H]1CC[C@H]2[C@@H]3CC[C@H]4CC(=O)CCC4[C@H]3CC[C@]12C. The Kier molecular flexibility index (Phi) is 3.67. The molecule has 4 aliphatic rings. The number of carbonyl (C=O) groups excluding carboxylic acids is 1. The Morgan fingerprint density at radius 3 is 2.64 bits per heavy atom. The monoisotopic (exact) mass is 304 g/mol. The highest BCUT2D eigenvalue weighted by molar-refractivity contribution is 5.79. The highest BCUT2D eigenvalue weighted by Gasteiger charge is 2.57. The van der Waals surface area contributed by atoms with Crippen molar-refractivity contribution in [2.75, 3.05) is 0 Å². The first kappa shape index (κ1) is 15.2. The first-order chi connectivity index (χ1) is 10.5. The van der Waals surface area contributed by atoms with Gasteiger partial charge in [0.25, 0.3) is 0 Å². The molecule has 4 aliphatic carbocycles. The van der Waals surface area contributed by atoms with Crippen LogP contribution >= 0.6 is 0 Å². The van der Waals surface area contributed by atoms with Crippen molar-refractivity contribution in [3.8, 4) is 0 Å². The van der Waals surface area contributed by atoms with Gasteiger partial charge in [0.2, 0.25) is 0 Å². The van der Waals surface area contributed by atoms with Crippen molar-refractivity contribution in [2.45, 2.75) is 77.7 Å². The molecule has 0 spiro atoms. The Labute approximate surface area is 135 Å². The molecule has 4 rings (SSSR count). The van der Waals surface area contributed by atoms with Crippen molar-refractivity contribution in [3.05, 3.63) is 0 Å². The zero-order valence-electron chi connectivity index (χ0n) is 14.3. The molecule has 1 N–H and O–H groups in total. The van der Waals surface area contributed by atoms with E-state index in [1.165, 1.54) is 44.9 Å². The summed E-state index contributed by atoms with van der Waals surface area (Å²) in [4.78, 5) is 11.8. The fourth-order valence-electron chi connectivity index (χ4n) is 7.49. The molecule has 124 valence electrons. The fourth-order valence-corrected chi connectivity index (χ4v) is 7.49. The molecule has 2 heteroatoms. The van der Waals surface area contributed by atoms with Crippen LogP contribution in [0.1, 0.15) is 71.6 Å². The highest BCUT2D eigenvalue weighted by Crippen LogP contribution is 2.64. The summed E-state index contributed by atoms with van der Waals surface area (Å²) in [5, 5.41) is 10.2. The van der Waals surface area contributed by atoms with Crippen LogP contribution in [0.5, 0.6) is 0 Å². The molecule has 2 nitrogen and oxygen atoms in total. The summed E-state index contributed by atoms with van der Waals surface area (Å²) < 4.78 is 0. The van der Waals surface area contributed by atoms with Crippen LogP contribution in [0.2, 0.25) is 0 Å². The van der Waals surface area contributed by atoms with Crippen molar-refractivity contribution in [2.24, 2.45) is 40.9 Å². The van der Waals surface area contributed by atoms with E-state index in [0.29, 0.717) is 23.0 Å². The maximum Gasteiger partial charge on any atom is 0.133 e. The minimum Gasteiger partial charge on any atom is -0.393 e.